The molecule has 1 heterocycles. The van der Waals surface area contributed by atoms with Crippen molar-refractivity contribution >= 4 is 23.7 Å². The van der Waals surface area contributed by atoms with Crippen LogP contribution in [0.4, 0.5) is 0 Å². The van der Waals surface area contributed by atoms with Gasteiger partial charge < -0.3 is 31.5 Å². The number of ether oxygens (including phenoxy) is 1. The average Bonchev–Trinajstić information content (AvgIpc) is 3.29. The van der Waals surface area contributed by atoms with Gasteiger partial charge in [0, 0.05) is 13.1 Å². The second-order valence-corrected chi connectivity index (χ2v) is 6.34. The lowest BCUT2D eigenvalue weighted by Crippen LogP contribution is -2.49. The van der Waals surface area contributed by atoms with Crippen molar-refractivity contribution in [1.82, 2.24) is 16.0 Å². The second-order valence-electron chi connectivity index (χ2n) is 6.34. The third-order valence-corrected chi connectivity index (χ3v) is 3.55. The van der Waals surface area contributed by atoms with E-state index in [1.165, 1.54) is 0 Å². The first-order chi connectivity index (χ1) is 11.7. The number of nitrogens with one attached hydrogen (secondary N) is 4. The fourth-order valence-corrected chi connectivity index (χ4v) is 2.26. The highest BCUT2D eigenvalue weighted by Gasteiger charge is 2.51. The predicted molar refractivity (Wildman–Crippen MR) is 89.8 cm³/mol. The number of rotatable bonds is 11. The molecule has 0 aromatic heterocycles. The lowest BCUT2D eigenvalue weighted by Gasteiger charge is -2.20. The molecular formula is C15H27N5O5. The molecule has 142 valence electrons. The monoisotopic (exact) mass is 357 g/mol. The number of amides is 2. The van der Waals surface area contributed by atoms with Crippen molar-refractivity contribution in [3.05, 3.63) is 0 Å². The summed E-state index contributed by atoms with van der Waals surface area (Å²) in [7, 11) is 0. The van der Waals surface area contributed by atoms with Gasteiger partial charge >= 0.3 is 5.97 Å². The topological polar surface area (TPSA) is 170 Å². The van der Waals surface area contributed by atoms with Gasteiger partial charge in [-0.25, -0.2) is 4.79 Å². The summed E-state index contributed by atoms with van der Waals surface area (Å²) < 4.78 is 4.79. The summed E-state index contributed by atoms with van der Waals surface area (Å²) in [5.41, 5.74) is 5.16. The van der Waals surface area contributed by atoms with Crippen molar-refractivity contribution < 1.29 is 24.2 Å². The van der Waals surface area contributed by atoms with Crippen LogP contribution < -0.4 is 21.7 Å². The fraction of sp³-hybridized carbons (Fsp3) is 0.733. The molecule has 0 bridgehead atoms. The van der Waals surface area contributed by atoms with Crippen molar-refractivity contribution in [2.75, 3.05) is 13.1 Å². The van der Waals surface area contributed by atoms with E-state index in [-0.39, 0.29) is 17.8 Å². The lowest BCUT2D eigenvalue weighted by atomic mass is 10.0. The number of carboxylic acid groups (broad SMARTS) is 1. The number of carboxylic acids is 1. The van der Waals surface area contributed by atoms with Gasteiger partial charge in [-0.3, -0.25) is 15.0 Å². The highest BCUT2D eigenvalue weighted by molar-refractivity contribution is 5.95. The number of carbonyl (C=O) groups excluding carboxylic acids is 2. The minimum Gasteiger partial charge on any atom is -0.479 e. The molecule has 1 aliphatic heterocycles. The zero-order valence-corrected chi connectivity index (χ0v) is 14.5. The van der Waals surface area contributed by atoms with Crippen LogP contribution in [0.3, 0.4) is 0 Å². The molecule has 7 N–H and O–H groups in total. The van der Waals surface area contributed by atoms with Gasteiger partial charge in [0.1, 0.15) is 6.04 Å². The van der Waals surface area contributed by atoms with Gasteiger partial charge in [0.2, 0.25) is 5.91 Å². The molecule has 1 saturated heterocycles. The Labute approximate surface area is 146 Å². The highest BCUT2D eigenvalue weighted by Crippen LogP contribution is 2.22. The van der Waals surface area contributed by atoms with E-state index in [0.717, 1.165) is 6.42 Å². The zero-order valence-electron chi connectivity index (χ0n) is 14.5. The van der Waals surface area contributed by atoms with Gasteiger partial charge in [0.25, 0.3) is 5.91 Å². The molecule has 10 nitrogen and oxygen atoms in total. The molecule has 0 spiro atoms. The van der Waals surface area contributed by atoms with Crippen molar-refractivity contribution in [1.29, 1.82) is 5.41 Å². The van der Waals surface area contributed by atoms with Crippen LogP contribution in [0.25, 0.3) is 0 Å². The van der Waals surface area contributed by atoms with E-state index in [1.807, 2.05) is 13.8 Å². The molecule has 10 heteroatoms. The standard InChI is InChI=1S/C15H27N5O5/c1-8(2)7-9(20-13(22)10-11(25-10)14(23)24)12(21)18-5-3-4-6-19-15(16)17/h8-11H,3-7H2,1-2H3,(H,18,21)(H,20,22)(H,23,24)(H4,16,17,19)/t9?,10-,11-/m0/s1. The summed E-state index contributed by atoms with van der Waals surface area (Å²) in [6.45, 7) is 4.83. The smallest absolute Gasteiger partial charge is 0.336 e. The zero-order chi connectivity index (χ0) is 19.0. The number of nitrogens with two attached hydrogens (primary N) is 1. The van der Waals surface area contributed by atoms with E-state index in [9.17, 15) is 14.4 Å². The van der Waals surface area contributed by atoms with Crippen molar-refractivity contribution in [3.63, 3.8) is 0 Å². The molecule has 3 atom stereocenters. The summed E-state index contributed by atoms with van der Waals surface area (Å²) in [5.74, 6) is -2.01. The molecule has 25 heavy (non-hydrogen) atoms. The van der Waals surface area contributed by atoms with Crippen LogP contribution in [0.2, 0.25) is 0 Å². The summed E-state index contributed by atoms with van der Waals surface area (Å²) in [6, 6.07) is -0.735. The van der Waals surface area contributed by atoms with Gasteiger partial charge in [-0.2, -0.15) is 0 Å². The Morgan fingerprint density at radius 3 is 2.24 bits per heavy atom. The van der Waals surface area contributed by atoms with Crippen molar-refractivity contribution in [2.45, 2.75) is 51.4 Å². The minimum absolute atomic E-state index is 0.0919. The Morgan fingerprint density at radius 2 is 1.76 bits per heavy atom. The van der Waals surface area contributed by atoms with Crippen LogP contribution in [0, 0.1) is 11.3 Å². The molecule has 1 unspecified atom stereocenters. The Morgan fingerprint density at radius 1 is 1.16 bits per heavy atom. The molecule has 1 rings (SSSR count). The second kappa shape index (κ2) is 9.82. The van der Waals surface area contributed by atoms with Gasteiger partial charge in [-0.15, -0.1) is 0 Å². The maximum absolute atomic E-state index is 12.3. The van der Waals surface area contributed by atoms with Gasteiger partial charge in [0.05, 0.1) is 0 Å². The first-order valence-corrected chi connectivity index (χ1v) is 8.26. The molecule has 0 radical (unpaired) electrons. The number of hydrogen-bond donors (Lipinski definition) is 6. The Hall–Kier alpha value is -2.36. The Kier molecular flexibility index (Phi) is 8.12. The predicted octanol–water partition coefficient (Wildman–Crippen LogP) is -1.25. The molecule has 0 aromatic carbocycles. The molecule has 0 saturated carbocycles. The maximum atomic E-state index is 12.3. The van der Waals surface area contributed by atoms with Crippen LogP contribution in [0.15, 0.2) is 0 Å². The van der Waals surface area contributed by atoms with E-state index in [0.29, 0.717) is 25.9 Å². The third kappa shape index (κ3) is 7.84. The summed E-state index contributed by atoms with van der Waals surface area (Å²) in [6.07, 6.45) is -0.291. The molecular weight excluding hydrogens is 330 g/mol. The lowest BCUT2D eigenvalue weighted by molar-refractivity contribution is -0.138. The normalized spacial score (nSPS) is 19.8. The molecule has 2 amide bonds. The van der Waals surface area contributed by atoms with E-state index in [1.54, 1.807) is 0 Å². The molecule has 0 aliphatic carbocycles. The van der Waals surface area contributed by atoms with Crippen LogP contribution >= 0.6 is 0 Å². The van der Waals surface area contributed by atoms with Crippen molar-refractivity contribution in [2.24, 2.45) is 11.7 Å². The number of unbranched alkanes of at least 4 members (excludes halogenated alkanes) is 1. The van der Waals surface area contributed by atoms with E-state index < -0.39 is 30.1 Å². The molecule has 1 fully saturated rings. The SMILES string of the molecule is CC(C)CC(NC(=O)[C@H]1O[C@@H]1C(=O)O)C(=O)NCCCCNC(=N)N. The third-order valence-electron chi connectivity index (χ3n) is 3.55. The highest BCUT2D eigenvalue weighted by atomic mass is 16.6. The van der Waals surface area contributed by atoms with E-state index in [4.69, 9.17) is 21.0 Å². The number of carbonyl (C=O) groups is 3. The largest absolute Gasteiger partial charge is 0.479 e. The van der Waals surface area contributed by atoms with Gasteiger partial charge in [-0.05, 0) is 25.2 Å². The van der Waals surface area contributed by atoms with E-state index in [2.05, 4.69) is 16.0 Å². The quantitative estimate of drug-likeness (QED) is 0.116. The van der Waals surface area contributed by atoms with Gasteiger partial charge in [0.15, 0.2) is 18.2 Å². The van der Waals surface area contributed by atoms with E-state index >= 15 is 0 Å². The summed E-state index contributed by atoms with van der Waals surface area (Å²) >= 11 is 0. The first kappa shape index (κ1) is 20.7. The van der Waals surface area contributed by atoms with Crippen LogP contribution in [0.1, 0.15) is 33.1 Å². The number of aliphatic carboxylic acids is 1. The maximum Gasteiger partial charge on any atom is 0.336 e. The average molecular weight is 357 g/mol. The Balaban J connectivity index is 2.38. The van der Waals surface area contributed by atoms with Crippen LogP contribution in [-0.4, -0.2) is 60.2 Å². The minimum atomic E-state index is -1.19. The van der Waals surface area contributed by atoms with Crippen molar-refractivity contribution in [3.8, 4) is 0 Å². The van der Waals surface area contributed by atoms with Crippen LogP contribution in [0.5, 0.6) is 0 Å². The van der Waals surface area contributed by atoms with Crippen LogP contribution in [-0.2, 0) is 19.1 Å². The fourth-order valence-electron chi connectivity index (χ4n) is 2.26. The molecule has 1 aliphatic rings. The summed E-state index contributed by atoms with van der Waals surface area (Å²) in [5, 5.41) is 23.8. The van der Waals surface area contributed by atoms with Gasteiger partial charge in [-0.1, -0.05) is 13.8 Å². The number of hydrogen-bond acceptors (Lipinski definition) is 5. The number of guanidine groups is 1. The number of epoxide rings is 1. The molecule has 0 aromatic rings. The first-order valence-electron chi connectivity index (χ1n) is 8.26. The Bertz CT molecular complexity index is 511. The summed E-state index contributed by atoms with van der Waals surface area (Å²) in [4.78, 5) is 35.0.